The van der Waals surface area contributed by atoms with Gasteiger partial charge in [-0.1, -0.05) is 18.2 Å². The van der Waals surface area contributed by atoms with Gasteiger partial charge >= 0.3 is 0 Å². The van der Waals surface area contributed by atoms with E-state index >= 15 is 0 Å². The Kier molecular flexibility index (Phi) is 5.73. The number of nitrogens with one attached hydrogen (secondary N) is 1. The lowest BCUT2D eigenvalue weighted by Gasteiger charge is -2.07. The largest absolute Gasteiger partial charge is 0.382 e. The molecule has 0 radical (unpaired) electrons. The van der Waals surface area contributed by atoms with Crippen LogP contribution in [0.15, 0.2) is 41.8 Å². The van der Waals surface area contributed by atoms with E-state index in [1.807, 2.05) is 35.7 Å². The van der Waals surface area contributed by atoms with Crippen molar-refractivity contribution in [2.45, 2.75) is 6.61 Å². The molecular formula is C15H17NO3S. The van der Waals surface area contributed by atoms with E-state index in [-0.39, 0.29) is 5.91 Å². The normalized spacial score (nSPS) is 10.4. The van der Waals surface area contributed by atoms with E-state index in [0.717, 1.165) is 11.3 Å². The molecule has 0 saturated heterocycles. The molecule has 0 aliphatic heterocycles. The summed E-state index contributed by atoms with van der Waals surface area (Å²) in [5.74, 6) is -0.0857. The molecule has 4 nitrogen and oxygen atoms in total. The third-order valence-corrected chi connectivity index (χ3v) is 3.50. The van der Waals surface area contributed by atoms with Gasteiger partial charge in [-0.3, -0.25) is 4.79 Å². The number of ether oxygens (including phenoxy) is 2. The van der Waals surface area contributed by atoms with Crippen LogP contribution in [0.2, 0.25) is 0 Å². The van der Waals surface area contributed by atoms with Gasteiger partial charge in [0.2, 0.25) is 0 Å². The van der Waals surface area contributed by atoms with Crippen molar-refractivity contribution in [1.29, 1.82) is 0 Å². The van der Waals surface area contributed by atoms with Crippen LogP contribution >= 0.6 is 11.3 Å². The Labute approximate surface area is 122 Å². The number of anilines is 1. The summed E-state index contributed by atoms with van der Waals surface area (Å²) in [6.45, 7) is 1.64. The number of carbonyl (C=O) groups excluding carboxylic acids is 1. The van der Waals surface area contributed by atoms with Crippen molar-refractivity contribution in [3.63, 3.8) is 0 Å². The molecule has 2 rings (SSSR count). The number of benzene rings is 1. The van der Waals surface area contributed by atoms with Crippen molar-refractivity contribution in [3.05, 3.63) is 52.2 Å². The van der Waals surface area contributed by atoms with Gasteiger partial charge in [-0.05, 0) is 29.1 Å². The van der Waals surface area contributed by atoms with Crippen LogP contribution in [0.5, 0.6) is 0 Å². The standard InChI is InChI=1S/C15H17NO3S/c1-18-7-8-19-11-12-4-2-5-13(10-12)16-15(17)14-6-3-9-20-14/h2-6,9-10H,7-8,11H2,1H3,(H,16,17). The first kappa shape index (κ1) is 14.7. The van der Waals surface area contributed by atoms with Crippen molar-refractivity contribution in [3.8, 4) is 0 Å². The van der Waals surface area contributed by atoms with E-state index in [0.29, 0.717) is 24.7 Å². The maximum absolute atomic E-state index is 11.9. The molecule has 2 aromatic rings. The molecule has 1 N–H and O–H groups in total. The summed E-state index contributed by atoms with van der Waals surface area (Å²) in [7, 11) is 1.64. The maximum atomic E-state index is 11.9. The Balaban J connectivity index is 1.90. The molecule has 1 aromatic heterocycles. The predicted octanol–water partition coefficient (Wildman–Crippen LogP) is 3.16. The second kappa shape index (κ2) is 7.79. The topological polar surface area (TPSA) is 47.6 Å². The zero-order chi connectivity index (χ0) is 14.2. The SMILES string of the molecule is COCCOCc1cccc(NC(=O)c2cccs2)c1. The molecule has 5 heteroatoms. The average Bonchev–Trinajstić information content (AvgIpc) is 2.98. The highest BCUT2D eigenvalue weighted by Crippen LogP contribution is 2.15. The molecule has 0 aliphatic carbocycles. The van der Waals surface area contributed by atoms with Gasteiger partial charge in [-0.2, -0.15) is 0 Å². The molecular weight excluding hydrogens is 274 g/mol. The van der Waals surface area contributed by atoms with Gasteiger partial charge in [0.1, 0.15) is 0 Å². The van der Waals surface area contributed by atoms with Crippen LogP contribution < -0.4 is 5.32 Å². The fraction of sp³-hybridized carbons (Fsp3) is 0.267. The number of hydrogen-bond acceptors (Lipinski definition) is 4. The lowest BCUT2D eigenvalue weighted by atomic mass is 10.2. The third kappa shape index (κ3) is 4.45. The van der Waals surface area contributed by atoms with E-state index in [4.69, 9.17) is 9.47 Å². The van der Waals surface area contributed by atoms with Crippen LogP contribution in [0.4, 0.5) is 5.69 Å². The Morgan fingerprint density at radius 2 is 2.15 bits per heavy atom. The van der Waals surface area contributed by atoms with Crippen LogP contribution in [-0.4, -0.2) is 26.2 Å². The number of carbonyl (C=O) groups is 1. The van der Waals surface area contributed by atoms with Crippen LogP contribution in [0, 0.1) is 0 Å². The van der Waals surface area contributed by atoms with Gasteiger partial charge in [-0.25, -0.2) is 0 Å². The molecule has 0 unspecified atom stereocenters. The summed E-state index contributed by atoms with van der Waals surface area (Å²) in [6, 6.07) is 11.3. The molecule has 0 aliphatic rings. The van der Waals surface area contributed by atoms with Crippen LogP contribution in [0.1, 0.15) is 15.2 Å². The first-order chi connectivity index (χ1) is 9.79. The first-order valence-corrected chi connectivity index (χ1v) is 7.18. The quantitative estimate of drug-likeness (QED) is 0.797. The maximum Gasteiger partial charge on any atom is 0.265 e. The van der Waals surface area contributed by atoms with Gasteiger partial charge in [0.15, 0.2) is 0 Å². The van der Waals surface area contributed by atoms with Crippen molar-refractivity contribution in [1.82, 2.24) is 0 Å². The number of methoxy groups -OCH3 is 1. The number of rotatable bonds is 7. The Bertz CT molecular complexity index is 540. The van der Waals surface area contributed by atoms with Crippen LogP contribution in [0.3, 0.4) is 0 Å². The highest BCUT2D eigenvalue weighted by atomic mass is 32.1. The number of thiophene rings is 1. The van der Waals surface area contributed by atoms with Gasteiger partial charge in [0.25, 0.3) is 5.91 Å². The van der Waals surface area contributed by atoms with Gasteiger partial charge in [-0.15, -0.1) is 11.3 Å². The third-order valence-electron chi connectivity index (χ3n) is 2.63. The molecule has 1 amide bonds. The second-order valence-electron chi connectivity index (χ2n) is 4.18. The van der Waals surface area contributed by atoms with Crippen molar-refractivity contribution in [2.75, 3.05) is 25.6 Å². The molecule has 0 fully saturated rings. The summed E-state index contributed by atoms with van der Waals surface area (Å²) < 4.78 is 10.4. The first-order valence-electron chi connectivity index (χ1n) is 6.30. The monoisotopic (exact) mass is 291 g/mol. The van der Waals surface area contributed by atoms with Crippen molar-refractivity contribution < 1.29 is 14.3 Å². The minimum absolute atomic E-state index is 0.0857. The summed E-state index contributed by atoms with van der Waals surface area (Å²) in [6.07, 6.45) is 0. The van der Waals surface area contributed by atoms with E-state index in [9.17, 15) is 4.79 Å². The highest BCUT2D eigenvalue weighted by molar-refractivity contribution is 7.12. The van der Waals surface area contributed by atoms with Crippen molar-refractivity contribution >= 4 is 22.9 Å². The lowest BCUT2D eigenvalue weighted by molar-refractivity contribution is 0.0617. The van der Waals surface area contributed by atoms with E-state index < -0.39 is 0 Å². The molecule has 1 heterocycles. The number of hydrogen-bond donors (Lipinski definition) is 1. The van der Waals surface area contributed by atoms with Crippen molar-refractivity contribution in [2.24, 2.45) is 0 Å². The van der Waals surface area contributed by atoms with E-state index in [2.05, 4.69) is 5.32 Å². The van der Waals surface area contributed by atoms with E-state index in [1.165, 1.54) is 11.3 Å². The van der Waals surface area contributed by atoms with Gasteiger partial charge < -0.3 is 14.8 Å². The Morgan fingerprint density at radius 3 is 2.90 bits per heavy atom. The fourth-order valence-electron chi connectivity index (χ4n) is 1.67. The molecule has 106 valence electrons. The molecule has 1 aromatic carbocycles. The van der Waals surface area contributed by atoms with Gasteiger partial charge in [0, 0.05) is 12.8 Å². The molecule has 0 atom stereocenters. The van der Waals surface area contributed by atoms with Gasteiger partial charge in [0.05, 0.1) is 24.7 Å². The summed E-state index contributed by atoms with van der Waals surface area (Å²) in [4.78, 5) is 12.6. The molecule has 0 spiro atoms. The number of amides is 1. The minimum atomic E-state index is -0.0857. The lowest BCUT2D eigenvalue weighted by Crippen LogP contribution is -2.10. The molecule has 0 bridgehead atoms. The summed E-state index contributed by atoms with van der Waals surface area (Å²) >= 11 is 1.42. The average molecular weight is 291 g/mol. The minimum Gasteiger partial charge on any atom is -0.382 e. The van der Waals surface area contributed by atoms with E-state index in [1.54, 1.807) is 13.2 Å². The predicted molar refractivity (Wildman–Crippen MR) is 80.2 cm³/mol. The summed E-state index contributed by atoms with van der Waals surface area (Å²) in [5.41, 5.74) is 1.79. The Morgan fingerprint density at radius 1 is 1.25 bits per heavy atom. The smallest absolute Gasteiger partial charge is 0.265 e. The molecule has 0 saturated carbocycles. The zero-order valence-electron chi connectivity index (χ0n) is 11.3. The Hall–Kier alpha value is -1.69. The second-order valence-corrected chi connectivity index (χ2v) is 5.12. The fourth-order valence-corrected chi connectivity index (χ4v) is 2.29. The highest BCUT2D eigenvalue weighted by Gasteiger charge is 2.06. The zero-order valence-corrected chi connectivity index (χ0v) is 12.1. The van der Waals surface area contributed by atoms with Crippen LogP contribution in [-0.2, 0) is 16.1 Å². The molecule has 20 heavy (non-hydrogen) atoms. The summed E-state index contributed by atoms with van der Waals surface area (Å²) in [5, 5.41) is 4.76. The van der Waals surface area contributed by atoms with Crippen LogP contribution in [0.25, 0.3) is 0 Å².